The van der Waals surface area contributed by atoms with E-state index < -0.39 is 0 Å². The number of H-pyrrole nitrogens is 1. The molecule has 0 radical (unpaired) electrons. The standard InChI is InChI=1S/C19H19N3O2/c1-12-7-6-8-14(11-12)17-13(2)21-22-18(17)20-19(23)15-9-4-5-10-16(15)24-3/h4-11H,1-3H3,(H2,20,21,22,23). The van der Waals surface area contributed by atoms with E-state index in [1.807, 2.05) is 38.1 Å². The number of hydrogen-bond donors (Lipinski definition) is 2. The van der Waals surface area contributed by atoms with Gasteiger partial charge >= 0.3 is 0 Å². The van der Waals surface area contributed by atoms with Gasteiger partial charge in [0.15, 0.2) is 5.82 Å². The minimum absolute atomic E-state index is 0.257. The summed E-state index contributed by atoms with van der Waals surface area (Å²) in [6.45, 7) is 3.97. The number of anilines is 1. The maximum atomic E-state index is 12.6. The van der Waals surface area contributed by atoms with E-state index in [2.05, 4.69) is 21.6 Å². The Bertz CT molecular complexity index is 884. The van der Waals surface area contributed by atoms with E-state index in [1.54, 1.807) is 25.3 Å². The van der Waals surface area contributed by atoms with Gasteiger partial charge in [0.05, 0.1) is 12.7 Å². The fraction of sp³-hybridized carbons (Fsp3) is 0.158. The van der Waals surface area contributed by atoms with Crippen molar-refractivity contribution in [3.05, 3.63) is 65.4 Å². The van der Waals surface area contributed by atoms with E-state index in [-0.39, 0.29) is 5.91 Å². The summed E-state index contributed by atoms with van der Waals surface area (Å²) in [5.74, 6) is 0.779. The summed E-state index contributed by atoms with van der Waals surface area (Å²) in [5.41, 5.74) is 4.42. The predicted molar refractivity (Wildman–Crippen MR) is 94.4 cm³/mol. The highest BCUT2D eigenvalue weighted by Gasteiger charge is 2.18. The molecule has 3 aromatic rings. The molecule has 0 unspecified atom stereocenters. The third-order valence-corrected chi connectivity index (χ3v) is 3.84. The summed E-state index contributed by atoms with van der Waals surface area (Å²) in [6, 6.07) is 15.2. The summed E-state index contributed by atoms with van der Waals surface area (Å²) in [5, 5.41) is 10.1. The van der Waals surface area contributed by atoms with Crippen LogP contribution in [0.25, 0.3) is 11.1 Å². The number of amides is 1. The molecule has 0 spiro atoms. The number of rotatable bonds is 4. The van der Waals surface area contributed by atoms with Gasteiger partial charge in [-0.05, 0) is 31.5 Å². The van der Waals surface area contributed by atoms with Gasteiger partial charge in [0, 0.05) is 11.3 Å². The monoisotopic (exact) mass is 321 g/mol. The fourth-order valence-electron chi connectivity index (χ4n) is 2.68. The number of carbonyl (C=O) groups is 1. The first kappa shape index (κ1) is 15.8. The number of methoxy groups -OCH3 is 1. The van der Waals surface area contributed by atoms with Crippen LogP contribution in [0.3, 0.4) is 0 Å². The smallest absolute Gasteiger partial charge is 0.260 e. The van der Waals surface area contributed by atoms with Gasteiger partial charge < -0.3 is 10.1 Å². The van der Waals surface area contributed by atoms with Gasteiger partial charge in [-0.25, -0.2) is 0 Å². The number of nitrogens with one attached hydrogen (secondary N) is 2. The third-order valence-electron chi connectivity index (χ3n) is 3.84. The lowest BCUT2D eigenvalue weighted by molar-refractivity contribution is 0.102. The summed E-state index contributed by atoms with van der Waals surface area (Å²) in [4.78, 5) is 12.6. The van der Waals surface area contributed by atoms with Crippen molar-refractivity contribution >= 4 is 11.7 Å². The Labute approximate surface area is 140 Å². The molecule has 1 amide bonds. The van der Waals surface area contributed by atoms with Crippen LogP contribution >= 0.6 is 0 Å². The average molecular weight is 321 g/mol. The maximum absolute atomic E-state index is 12.6. The molecule has 0 aliphatic rings. The lowest BCUT2D eigenvalue weighted by Crippen LogP contribution is -2.14. The van der Waals surface area contributed by atoms with Crippen molar-refractivity contribution in [1.29, 1.82) is 0 Å². The summed E-state index contributed by atoms with van der Waals surface area (Å²) < 4.78 is 5.25. The number of carbonyl (C=O) groups excluding carboxylic acids is 1. The average Bonchev–Trinajstić information content (AvgIpc) is 2.95. The largest absolute Gasteiger partial charge is 0.496 e. The summed E-state index contributed by atoms with van der Waals surface area (Å²) in [7, 11) is 1.54. The molecule has 0 bridgehead atoms. The molecule has 5 nitrogen and oxygen atoms in total. The number of nitrogens with zero attached hydrogens (tertiary/aromatic N) is 1. The molecule has 5 heteroatoms. The number of aryl methyl sites for hydroxylation is 2. The molecule has 122 valence electrons. The van der Waals surface area contributed by atoms with E-state index in [9.17, 15) is 4.79 Å². The van der Waals surface area contributed by atoms with Crippen LogP contribution in [0.5, 0.6) is 5.75 Å². The first-order chi connectivity index (χ1) is 11.6. The molecule has 0 saturated carbocycles. The van der Waals surface area contributed by atoms with Gasteiger partial charge in [0.2, 0.25) is 0 Å². The van der Waals surface area contributed by atoms with Crippen molar-refractivity contribution in [3.8, 4) is 16.9 Å². The number of aromatic nitrogens is 2. The minimum Gasteiger partial charge on any atom is -0.496 e. The zero-order valence-corrected chi connectivity index (χ0v) is 13.9. The van der Waals surface area contributed by atoms with Crippen LogP contribution in [-0.2, 0) is 0 Å². The van der Waals surface area contributed by atoms with Gasteiger partial charge in [-0.15, -0.1) is 0 Å². The summed E-state index contributed by atoms with van der Waals surface area (Å²) in [6.07, 6.45) is 0. The molecule has 0 aliphatic heterocycles. The van der Waals surface area contributed by atoms with E-state index >= 15 is 0 Å². The fourth-order valence-corrected chi connectivity index (χ4v) is 2.68. The molecule has 2 aromatic carbocycles. The third kappa shape index (κ3) is 3.01. The SMILES string of the molecule is COc1ccccc1C(=O)Nc1n[nH]c(C)c1-c1cccc(C)c1. The molecule has 0 aliphatic carbocycles. The van der Waals surface area contributed by atoms with Crippen LogP contribution in [0.1, 0.15) is 21.6 Å². The van der Waals surface area contributed by atoms with E-state index in [0.717, 1.165) is 22.4 Å². The highest BCUT2D eigenvalue weighted by molar-refractivity contribution is 6.07. The molecule has 2 N–H and O–H groups in total. The van der Waals surface area contributed by atoms with E-state index in [0.29, 0.717) is 17.1 Å². The van der Waals surface area contributed by atoms with Crippen LogP contribution < -0.4 is 10.1 Å². The van der Waals surface area contributed by atoms with Crippen LogP contribution in [0.2, 0.25) is 0 Å². The minimum atomic E-state index is -0.257. The van der Waals surface area contributed by atoms with Crippen molar-refractivity contribution in [1.82, 2.24) is 10.2 Å². The Morgan fingerprint density at radius 2 is 1.92 bits per heavy atom. The number of ether oxygens (including phenoxy) is 1. The Kier molecular flexibility index (Phi) is 4.33. The molecular weight excluding hydrogens is 302 g/mol. The van der Waals surface area contributed by atoms with Crippen molar-refractivity contribution in [2.75, 3.05) is 12.4 Å². The van der Waals surface area contributed by atoms with E-state index in [1.165, 1.54) is 0 Å². The molecule has 0 fully saturated rings. The van der Waals surface area contributed by atoms with Gasteiger partial charge in [0.25, 0.3) is 5.91 Å². The van der Waals surface area contributed by atoms with Gasteiger partial charge in [-0.3, -0.25) is 9.89 Å². The second-order valence-corrected chi connectivity index (χ2v) is 5.60. The molecule has 0 saturated heterocycles. The lowest BCUT2D eigenvalue weighted by atomic mass is 10.0. The molecular formula is C19H19N3O2. The number of benzene rings is 2. The van der Waals surface area contributed by atoms with Crippen LogP contribution in [-0.4, -0.2) is 23.2 Å². The Balaban J connectivity index is 1.96. The Morgan fingerprint density at radius 3 is 2.67 bits per heavy atom. The predicted octanol–water partition coefficient (Wildman–Crippen LogP) is 3.95. The number of para-hydroxylation sites is 1. The normalized spacial score (nSPS) is 10.5. The van der Waals surface area contributed by atoms with E-state index in [4.69, 9.17) is 4.74 Å². The topological polar surface area (TPSA) is 67.0 Å². The second kappa shape index (κ2) is 6.58. The Hall–Kier alpha value is -3.08. The first-order valence-electron chi connectivity index (χ1n) is 7.66. The quantitative estimate of drug-likeness (QED) is 0.764. The molecule has 24 heavy (non-hydrogen) atoms. The zero-order valence-electron chi connectivity index (χ0n) is 13.9. The van der Waals surface area contributed by atoms with Gasteiger partial charge in [0.1, 0.15) is 5.75 Å². The van der Waals surface area contributed by atoms with Crippen molar-refractivity contribution in [3.63, 3.8) is 0 Å². The van der Waals surface area contributed by atoms with Crippen LogP contribution in [0, 0.1) is 13.8 Å². The van der Waals surface area contributed by atoms with Crippen molar-refractivity contribution < 1.29 is 9.53 Å². The maximum Gasteiger partial charge on any atom is 0.260 e. The zero-order chi connectivity index (χ0) is 17.1. The lowest BCUT2D eigenvalue weighted by Gasteiger charge is -2.09. The van der Waals surface area contributed by atoms with Gasteiger partial charge in [-0.1, -0.05) is 42.0 Å². The molecule has 0 atom stereocenters. The van der Waals surface area contributed by atoms with Crippen molar-refractivity contribution in [2.45, 2.75) is 13.8 Å². The van der Waals surface area contributed by atoms with Crippen LogP contribution in [0.4, 0.5) is 5.82 Å². The number of aromatic amines is 1. The highest BCUT2D eigenvalue weighted by atomic mass is 16.5. The highest BCUT2D eigenvalue weighted by Crippen LogP contribution is 2.30. The Morgan fingerprint density at radius 1 is 1.12 bits per heavy atom. The molecule has 1 aromatic heterocycles. The first-order valence-corrected chi connectivity index (χ1v) is 7.66. The second-order valence-electron chi connectivity index (χ2n) is 5.60. The van der Waals surface area contributed by atoms with Crippen LogP contribution in [0.15, 0.2) is 48.5 Å². The van der Waals surface area contributed by atoms with Gasteiger partial charge in [-0.2, -0.15) is 5.10 Å². The number of hydrogen-bond acceptors (Lipinski definition) is 3. The molecule has 3 rings (SSSR count). The van der Waals surface area contributed by atoms with Crippen molar-refractivity contribution in [2.24, 2.45) is 0 Å². The summed E-state index contributed by atoms with van der Waals surface area (Å²) >= 11 is 0. The molecule has 1 heterocycles.